The first-order valence-corrected chi connectivity index (χ1v) is 25.6. The smallest absolute Gasteiger partial charge is 0.326 e. The first kappa shape index (κ1) is 67.3. The summed E-state index contributed by atoms with van der Waals surface area (Å²) in [5.41, 5.74) is 12.1. The number of aliphatic carboxylic acids is 2. The Morgan fingerprint density at radius 1 is 0.520 bits per heavy atom. The molecule has 0 aliphatic heterocycles. The third-order valence-corrected chi connectivity index (χ3v) is 12.1. The molecule has 0 fully saturated rings. The molecule has 30 heteroatoms. The largest absolute Gasteiger partial charge is 0.481 e. The van der Waals surface area contributed by atoms with Crippen LogP contribution in [0.5, 0.6) is 0 Å². The first-order valence-electron chi connectivity index (χ1n) is 23.7. The van der Waals surface area contributed by atoms with Gasteiger partial charge in [0.25, 0.3) is 0 Å². The molecule has 27 nitrogen and oxygen atoms in total. The second-order valence-electron chi connectivity index (χ2n) is 17.8. The number of nitrogens with one attached hydrogen (secondary N) is 9. The van der Waals surface area contributed by atoms with Crippen molar-refractivity contribution in [3.63, 3.8) is 0 Å². The number of amides is 9. The quantitative estimate of drug-likeness (QED) is 0.0222. The maximum atomic E-state index is 13.8. The second-order valence-corrected chi connectivity index (χ2v) is 18.8. The van der Waals surface area contributed by atoms with Gasteiger partial charge in [-0.05, 0) is 57.6 Å². The SMILES string of the molecule is CC(C)C[C@H](NC(=O)[C@@H](NC(=O)[C@H](CO)NC(=O)[C@H](CC(=O)O)NC(=O)[C@H](CS)NC(=O)[C@H](CCCCN)NC(=O)[C@H](CS)NC(=O)[C@H](CS)NC(=O)[C@H](Cc1ccccc1)NC(=O)[C@@H](N)[C@@H](C)O)[C@@H](C)O)C(=O)O. The highest BCUT2D eigenvalue weighted by Crippen LogP contribution is 2.10. The van der Waals surface area contributed by atoms with Crippen LogP contribution in [0.2, 0.25) is 0 Å². The highest BCUT2D eigenvalue weighted by molar-refractivity contribution is 7.80. The first-order chi connectivity index (χ1) is 35.2. The topological polar surface area (TPSA) is 449 Å². The Kier molecular flexibility index (Phi) is 31.2. The lowest BCUT2D eigenvalue weighted by atomic mass is 10.0. The molecule has 18 N–H and O–H groups in total. The van der Waals surface area contributed by atoms with E-state index in [0.717, 1.165) is 6.92 Å². The van der Waals surface area contributed by atoms with Gasteiger partial charge >= 0.3 is 11.9 Å². The molecule has 0 aliphatic rings. The molecule has 75 heavy (non-hydrogen) atoms. The van der Waals surface area contributed by atoms with Crippen LogP contribution < -0.4 is 59.3 Å². The van der Waals surface area contributed by atoms with Crippen molar-refractivity contribution in [1.82, 2.24) is 47.9 Å². The van der Waals surface area contributed by atoms with Gasteiger partial charge < -0.3 is 84.9 Å². The Hall–Kier alpha value is -5.76. The number of nitrogens with two attached hydrogens (primary N) is 2. The van der Waals surface area contributed by atoms with Crippen molar-refractivity contribution in [2.75, 3.05) is 30.4 Å². The number of hydrogen-bond donors (Lipinski definition) is 19. The minimum absolute atomic E-state index is 0.00830. The van der Waals surface area contributed by atoms with Crippen LogP contribution in [-0.2, 0) is 59.2 Å². The van der Waals surface area contributed by atoms with Crippen LogP contribution in [0.4, 0.5) is 0 Å². The van der Waals surface area contributed by atoms with Gasteiger partial charge in [-0.25, -0.2) is 4.79 Å². The van der Waals surface area contributed by atoms with Crippen LogP contribution in [0.25, 0.3) is 0 Å². The van der Waals surface area contributed by atoms with E-state index >= 15 is 0 Å². The van der Waals surface area contributed by atoms with Gasteiger partial charge in [-0.3, -0.25) is 47.9 Å². The Morgan fingerprint density at radius 2 is 0.933 bits per heavy atom. The van der Waals surface area contributed by atoms with E-state index in [1.165, 1.54) is 6.92 Å². The molecule has 1 aromatic carbocycles. The molecule has 0 saturated carbocycles. The van der Waals surface area contributed by atoms with E-state index in [2.05, 4.69) is 80.4 Å². The van der Waals surface area contributed by atoms with Gasteiger partial charge in [0, 0.05) is 23.7 Å². The molecule has 0 aliphatic carbocycles. The molecule has 0 spiro atoms. The molecule has 0 aromatic heterocycles. The molecule has 1 rings (SSSR count). The summed E-state index contributed by atoms with van der Waals surface area (Å²) in [6.07, 6.45) is -3.49. The van der Waals surface area contributed by atoms with Gasteiger partial charge in [0.05, 0.1) is 25.2 Å². The van der Waals surface area contributed by atoms with Crippen LogP contribution in [0.1, 0.15) is 65.4 Å². The van der Waals surface area contributed by atoms with Crippen molar-refractivity contribution in [2.24, 2.45) is 17.4 Å². The molecular weight excluding hydrogens is 1050 g/mol. The van der Waals surface area contributed by atoms with E-state index in [1.807, 2.05) is 5.32 Å². The molecule has 0 saturated heterocycles. The molecular formula is C45H73N11O16S3. The van der Waals surface area contributed by atoms with Crippen molar-refractivity contribution in [3.05, 3.63) is 35.9 Å². The van der Waals surface area contributed by atoms with Crippen LogP contribution in [-0.4, -0.2) is 194 Å². The fraction of sp³-hybridized carbons (Fsp3) is 0.622. The summed E-state index contributed by atoms with van der Waals surface area (Å²) < 4.78 is 0. The monoisotopic (exact) mass is 1120 g/mol. The predicted molar refractivity (Wildman–Crippen MR) is 280 cm³/mol. The van der Waals surface area contributed by atoms with E-state index in [4.69, 9.17) is 11.5 Å². The number of carboxylic acid groups (broad SMARTS) is 2. The van der Waals surface area contributed by atoms with Crippen LogP contribution in [0.15, 0.2) is 30.3 Å². The average Bonchev–Trinajstić information content (AvgIpc) is 3.35. The fourth-order valence-corrected chi connectivity index (χ4v) is 7.49. The summed E-state index contributed by atoms with van der Waals surface area (Å²) in [5, 5.41) is 70.0. The van der Waals surface area contributed by atoms with Crippen molar-refractivity contribution in [3.8, 4) is 0 Å². The lowest BCUT2D eigenvalue weighted by Crippen LogP contribution is -2.62. The van der Waals surface area contributed by atoms with E-state index < -0.39 is 157 Å². The van der Waals surface area contributed by atoms with Crippen molar-refractivity contribution in [1.29, 1.82) is 0 Å². The Morgan fingerprint density at radius 3 is 1.36 bits per heavy atom. The standard InChI is InChI=1S/C45H73N11O16S3/c1-21(2)14-28(45(71)72)51-44(70)35(23(4)59)56-39(65)29(17-57)52-38(64)27(16-33(60)61)49-41(67)31(19-74)53-36(62)25(12-8-9-13-46)48-40(66)30(18-73)55-42(68)32(20-75)54-37(63)26(15-24-10-6-5-7-11-24)50-43(69)34(47)22(3)58/h5-7,10-11,21-23,25-32,34-35,57-59,73-75H,8-9,12-20,46-47H2,1-4H3,(H,48,66)(H,49,67)(H,50,69)(H,51,70)(H,52,64)(H,53,62)(H,54,63)(H,55,68)(H,56,65)(H,60,61)(H,71,72)/t22-,23-,25+,26+,27+,28+,29+,30+,31+,32+,34+,35+/m1/s1. The van der Waals surface area contributed by atoms with E-state index in [9.17, 15) is 78.3 Å². The molecule has 0 bridgehead atoms. The minimum Gasteiger partial charge on any atom is -0.481 e. The van der Waals surface area contributed by atoms with E-state index in [1.54, 1.807) is 44.2 Å². The number of carbonyl (C=O) groups is 11. The Balaban J connectivity index is 3.23. The molecule has 422 valence electrons. The number of carbonyl (C=O) groups excluding carboxylic acids is 9. The summed E-state index contributed by atoms with van der Waals surface area (Å²) in [5.74, 6) is -13.7. The molecule has 12 atom stereocenters. The van der Waals surface area contributed by atoms with Crippen LogP contribution in [0.3, 0.4) is 0 Å². The number of hydrogen-bond acceptors (Lipinski definition) is 19. The summed E-state index contributed by atoms with van der Waals surface area (Å²) >= 11 is 12.5. The zero-order valence-corrected chi connectivity index (χ0v) is 44.6. The molecule has 9 amide bonds. The average molecular weight is 1120 g/mol. The lowest BCUT2D eigenvalue weighted by Gasteiger charge is -2.27. The highest BCUT2D eigenvalue weighted by Gasteiger charge is 2.36. The summed E-state index contributed by atoms with van der Waals surface area (Å²) in [4.78, 5) is 144. The van der Waals surface area contributed by atoms with Crippen molar-refractivity contribution in [2.45, 2.75) is 139 Å². The number of carboxylic acids is 2. The summed E-state index contributed by atoms with van der Waals surface area (Å²) in [6.45, 7) is 4.81. The predicted octanol–water partition coefficient (Wildman–Crippen LogP) is -5.80. The number of aliphatic hydroxyl groups is 3. The second kappa shape index (κ2) is 34.7. The van der Waals surface area contributed by atoms with Crippen LogP contribution in [0, 0.1) is 5.92 Å². The zero-order chi connectivity index (χ0) is 57.1. The number of rotatable bonds is 35. The third-order valence-electron chi connectivity index (χ3n) is 11.0. The van der Waals surface area contributed by atoms with Gasteiger partial charge in [0.1, 0.15) is 60.4 Å². The zero-order valence-electron chi connectivity index (χ0n) is 41.9. The summed E-state index contributed by atoms with van der Waals surface area (Å²) in [7, 11) is 0. The number of unbranched alkanes of at least 4 members (excludes halogenated alkanes) is 1. The van der Waals surface area contributed by atoms with E-state index in [0.29, 0.717) is 12.0 Å². The molecule has 0 heterocycles. The normalized spacial score (nSPS) is 16.0. The van der Waals surface area contributed by atoms with Crippen molar-refractivity contribution >= 4 is 103 Å². The lowest BCUT2D eigenvalue weighted by molar-refractivity contribution is -0.143. The van der Waals surface area contributed by atoms with E-state index in [-0.39, 0.29) is 49.7 Å². The van der Waals surface area contributed by atoms with Gasteiger partial charge in [-0.15, -0.1) is 0 Å². The number of thiol groups is 3. The fourth-order valence-electron chi connectivity index (χ4n) is 6.72. The Bertz CT molecular complexity index is 2100. The maximum Gasteiger partial charge on any atom is 0.326 e. The number of benzene rings is 1. The van der Waals surface area contributed by atoms with Crippen molar-refractivity contribution < 1.29 is 78.3 Å². The molecule has 1 aromatic rings. The van der Waals surface area contributed by atoms with Gasteiger partial charge in [0.2, 0.25) is 53.2 Å². The number of aliphatic hydroxyl groups excluding tert-OH is 3. The molecule has 0 unspecified atom stereocenters. The summed E-state index contributed by atoms with van der Waals surface area (Å²) in [6, 6.07) is -7.13. The van der Waals surface area contributed by atoms with Gasteiger partial charge in [-0.1, -0.05) is 44.2 Å². The third kappa shape index (κ3) is 24.2. The molecule has 0 radical (unpaired) electrons. The van der Waals surface area contributed by atoms with Gasteiger partial charge in [0.15, 0.2) is 0 Å². The van der Waals surface area contributed by atoms with Crippen LogP contribution >= 0.6 is 37.9 Å². The minimum atomic E-state index is -1.98. The Labute approximate surface area is 450 Å². The maximum absolute atomic E-state index is 13.8. The highest BCUT2D eigenvalue weighted by atomic mass is 32.1. The van der Waals surface area contributed by atoms with Gasteiger partial charge in [-0.2, -0.15) is 37.9 Å².